The summed E-state index contributed by atoms with van der Waals surface area (Å²) in [4.78, 5) is 26.2. The monoisotopic (exact) mass is 382 g/mol. The highest BCUT2D eigenvalue weighted by atomic mass is 32.2. The molecular formula is C18H26N2O5S. The molecule has 1 amide bonds. The van der Waals surface area contributed by atoms with E-state index >= 15 is 0 Å². The summed E-state index contributed by atoms with van der Waals surface area (Å²) in [6.07, 6.45) is 1.07. The van der Waals surface area contributed by atoms with Gasteiger partial charge in [-0.1, -0.05) is 13.8 Å². The highest BCUT2D eigenvalue weighted by molar-refractivity contribution is 7.89. The molecule has 1 heterocycles. The average molecular weight is 382 g/mol. The summed E-state index contributed by atoms with van der Waals surface area (Å²) in [5.74, 6) is -0.839. The molecule has 1 saturated heterocycles. The van der Waals surface area contributed by atoms with Crippen LogP contribution in [0.3, 0.4) is 0 Å². The van der Waals surface area contributed by atoms with Crippen LogP contribution >= 0.6 is 0 Å². The molecular weight excluding hydrogens is 356 g/mol. The smallest absolute Gasteiger partial charge is 0.338 e. The van der Waals surface area contributed by atoms with Gasteiger partial charge in [-0.3, -0.25) is 4.79 Å². The van der Waals surface area contributed by atoms with E-state index in [1.54, 1.807) is 25.7 Å². The van der Waals surface area contributed by atoms with Gasteiger partial charge >= 0.3 is 5.97 Å². The van der Waals surface area contributed by atoms with E-state index in [0.29, 0.717) is 26.2 Å². The van der Waals surface area contributed by atoms with Crippen molar-refractivity contribution in [3.8, 4) is 0 Å². The summed E-state index contributed by atoms with van der Waals surface area (Å²) < 4.78 is 31.5. The van der Waals surface area contributed by atoms with E-state index in [4.69, 9.17) is 4.74 Å². The van der Waals surface area contributed by atoms with E-state index in [-0.39, 0.29) is 16.4 Å². The molecule has 0 bridgehead atoms. The first-order valence-corrected chi connectivity index (χ1v) is 10.3. The van der Waals surface area contributed by atoms with Gasteiger partial charge in [-0.15, -0.1) is 0 Å². The predicted molar refractivity (Wildman–Crippen MR) is 97.2 cm³/mol. The van der Waals surface area contributed by atoms with Crippen molar-refractivity contribution in [2.75, 3.05) is 26.2 Å². The molecule has 0 aliphatic carbocycles. The van der Waals surface area contributed by atoms with Gasteiger partial charge in [0, 0.05) is 26.2 Å². The third kappa shape index (κ3) is 4.42. The number of carbonyl (C=O) groups is 2. The SMILES string of the molecule is CCN(CC)S(=O)(=O)c1ccc(C(=O)OC(C)C(=O)N2CCCC2)cc1. The van der Waals surface area contributed by atoms with E-state index < -0.39 is 22.1 Å². The van der Waals surface area contributed by atoms with Crippen LogP contribution < -0.4 is 0 Å². The molecule has 144 valence electrons. The predicted octanol–water partition coefficient (Wildman–Crippen LogP) is 1.88. The molecule has 0 radical (unpaired) electrons. The Labute approximate surface area is 155 Å². The van der Waals surface area contributed by atoms with E-state index in [1.807, 2.05) is 0 Å². The van der Waals surface area contributed by atoms with Crippen molar-refractivity contribution in [1.82, 2.24) is 9.21 Å². The van der Waals surface area contributed by atoms with Gasteiger partial charge in [-0.2, -0.15) is 4.31 Å². The molecule has 0 aromatic heterocycles. The summed E-state index contributed by atoms with van der Waals surface area (Å²) in [6, 6.07) is 5.59. The molecule has 1 fully saturated rings. The number of hydrogen-bond donors (Lipinski definition) is 0. The number of hydrogen-bond acceptors (Lipinski definition) is 5. The second-order valence-corrected chi connectivity index (χ2v) is 8.13. The molecule has 1 aliphatic rings. The zero-order chi connectivity index (χ0) is 19.3. The van der Waals surface area contributed by atoms with Crippen molar-refractivity contribution < 1.29 is 22.7 Å². The average Bonchev–Trinajstić information content (AvgIpc) is 3.16. The molecule has 1 aromatic rings. The molecule has 1 unspecified atom stereocenters. The van der Waals surface area contributed by atoms with Crippen molar-refractivity contribution in [1.29, 1.82) is 0 Å². The number of nitrogens with zero attached hydrogens (tertiary/aromatic N) is 2. The van der Waals surface area contributed by atoms with Crippen LogP contribution in [-0.2, 0) is 19.6 Å². The lowest BCUT2D eigenvalue weighted by molar-refractivity contribution is -0.138. The van der Waals surface area contributed by atoms with Crippen LogP contribution in [0.15, 0.2) is 29.2 Å². The third-order valence-corrected chi connectivity index (χ3v) is 6.55. The molecule has 0 spiro atoms. The summed E-state index contributed by atoms with van der Waals surface area (Å²) in [5.41, 5.74) is 0.213. The van der Waals surface area contributed by atoms with Crippen LogP contribution in [0.2, 0.25) is 0 Å². The first-order chi connectivity index (χ1) is 12.3. The standard InChI is InChI=1S/C18H26N2O5S/c1-4-20(5-2)26(23,24)16-10-8-15(9-11-16)18(22)25-14(3)17(21)19-12-6-7-13-19/h8-11,14H,4-7,12-13H2,1-3H3. The minimum absolute atomic E-state index is 0.124. The first-order valence-electron chi connectivity index (χ1n) is 8.91. The number of ether oxygens (including phenoxy) is 1. The van der Waals surface area contributed by atoms with Gasteiger partial charge in [-0.25, -0.2) is 13.2 Å². The quantitative estimate of drug-likeness (QED) is 0.673. The molecule has 1 aliphatic heterocycles. The highest BCUT2D eigenvalue weighted by Crippen LogP contribution is 2.17. The topological polar surface area (TPSA) is 84.0 Å². The van der Waals surface area contributed by atoms with Gasteiger partial charge in [0.05, 0.1) is 10.5 Å². The van der Waals surface area contributed by atoms with Crippen LogP contribution in [0.25, 0.3) is 0 Å². The number of amides is 1. The molecule has 8 heteroatoms. The van der Waals surface area contributed by atoms with Gasteiger partial charge in [0.1, 0.15) is 0 Å². The lowest BCUT2D eigenvalue weighted by atomic mass is 10.2. The lowest BCUT2D eigenvalue weighted by Gasteiger charge is -2.20. The maximum absolute atomic E-state index is 12.4. The zero-order valence-electron chi connectivity index (χ0n) is 15.5. The van der Waals surface area contributed by atoms with Crippen LogP contribution in [0.1, 0.15) is 44.0 Å². The first kappa shape index (κ1) is 20.4. The number of likely N-dealkylation sites (tertiary alicyclic amines) is 1. The van der Waals surface area contributed by atoms with Crippen LogP contribution in [0.4, 0.5) is 0 Å². The van der Waals surface area contributed by atoms with Crippen molar-refractivity contribution in [2.24, 2.45) is 0 Å². The Morgan fingerprint density at radius 1 is 1.12 bits per heavy atom. The number of rotatable bonds is 7. The minimum atomic E-state index is -3.57. The second-order valence-electron chi connectivity index (χ2n) is 6.19. The van der Waals surface area contributed by atoms with Crippen molar-refractivity contribution >= 4 is 21.9 Å². The Kier molecular flexibility index (Phi) is 6.77. The van der Waals surface area contributed by atoms with Gasteiger partial charge < -0.3 is 9.64 Å². The minimum Gasteiger partial charge on any atom is -0.449 e. The maximum atomic E-state index is 12.4. The number of carbonyl (C=O) groups excluding carboxylic acids is 2. The molecule has 2 rings (SSSR count). The van der Waals surface area contributed by atoms with E-state index in [1.165, 1.54) is 28.6 Å². The zero-order valence-corrected chi connectivity index (χ0v) is 16.3. The normalized spacial score (nSPS) is 15.9. The fourth-order valence-corrected chi connectivity index (χ4v) is 4.41. The Hall–Kier alpha value is -1.93. The van der Waals surface area contributed by atoms with Gasteiger partial charge in [0.25, 0.3) is 5.91 Å². The molecule has 1 aromatic carbocycles. The second kappa shape index (κ2) is 8.64. The molecule has 0 N–H and O–H groups in total. The van der Waals surface area contributed by atoms with E-state index in [0.717, 1.165) is 12.8 Å². The number of sulfonamides is 1. The van der Waals surface area contributed by atoms with Crippen molar-refractivity contribution in [3.05, 3.63) is 29.8 Å². The summed E-state index contributed by atoms with van der Waals surface area (Å²) >= 11 is 0. The molecule has 1 atom stereocenters. The Morgan fingerprint density at radius 3 is 2.15 bits per heavy atom. The van der Waals surface area contributed by atoms with Crippen molar-refractivity contribution in [3.63, 3.8) is 0 Å². The van der Waals surface area contributed by atoms with Crippen LogP contribution in [0.5, 0.6) is 0 Å². The van der Waals surface area contributed by atoms with E-state index in [9.17, 15) is 18.0 Å². The largest absolute Gasteiger partial charge is 0.449 e. The van der Waals surface area contributed by atoms with Crippen LogP contribution in [-0.4, -0.2) is 61.8 Å². The fourth-order valence-electron chi connectivity index (χ4n) is 2.95. The number of esters is 1. The Morgan fingerprint density at radius 2 is 1.65 bits per heavy atom. The van der Waals surface area contributed by atoms with Gasteiger partial charge in [0.15, 0.2) is 6.10 Å². The maximum Gasteiger partial charge on any atom is 0.338 e. The lowest BCUT2D eigenvalue weighted by Crippen LogP contribution is -2.38. The number of benzene rings is 1. The summed E-state index contributed by atoms with van der Waals surface area (Å²) in [5, 5.41) is 0. The summed E-state index contributed by atoms with van der Waals surface area (Å²) in [6.45, 7) is 7.23. The van der Waals surface area contributed by atoms with E-state index in [2.05, 4.69) is 0 Å². The van der Waals surface area contributed by atoms with Crippen LogP contribution in [0, 0.1) is 0 Å². The molecule has 7 nitrogen and oxygen atoms in total. The fraction of sp³-hybridized carbons (Fsp3) is 0.556. The molecule has 0 saturated carbocycles. The van der Waals surface area contributed by atoms with Gasteiger partial charge in [0.2, 0.25) is 10.0 Å². The third-order valence-electron chi connectivity index (χ3n) is 4.48. The van der Waals surface area contributed by atoms with Crippen molar-refractivity contribution in [2.45, 2.75) is 44.6 Å². The van der Waals surface area contributed by atoms with Gasteiger partial charge in [-0.05, 0) is 44.0 Å². The Bertz CT molecular complexity index is 735. The Balaban J connectivity index is 2.05. The molecule has 26 heavy (non-hydrogen) atoms. The summed E-state index contributed by atoms with van der Waals surface area (Å²) in [7, 11) is -3.57. The highest BCUT2D eigenvalue weighted by Gasteiger charge is 2.27.